The summed E-state index contributed by atoms with van der Waals surface area (Å²) in [6, 6.07) is 7.28. The second kappa shape index (κ2) is 5.79. The Labute approximate surface area is 129 Å². The molecule has 0 unspecified atom stereocenters. The minimum absolute atomic E-state index is 0.0227. The molecule has 0 radical (unpaired) electrons. The summed E-state index contributed by atoms with van der Waals surface area (Å²) in [6.07, 6.45) is 0. The molecular weight excluding hydrogens is 325 g/mol. The van der Waals surface area contributed by atoms with Gasteiger partial charge in [-0.1, -0.05) is 40.9 Å². The van der Waals surface area contributed by atoms with Crippen molar-refractivity contribution in [3.63, 3.8) is 0 Å². The first-order valence-electron chi connectivity index (χ1n) is 5.34. The van der Waals surface area contributed by atoms with Crippen molar-refractivity contribution in [2.75, 3.05) is 5.73 Å². The predicted octanol–water partition coefficient (Wildman–Crippen LogP) is 4.72. The minimum Gasteiger partial charge on any atom is -0.478 e. The van der Waals surface area contributed by atoms with Crippen molar-refractivity contribution >= 4 is 46.5 Å². The molecule has 0 spiro atoms. The van der Waals surface area contributed by atoms with Gasteiger partial charge in [0.1, 0.15) is 5.75 Å². The Morgan fingerprint density at radius 1 is 1.10 bits per heavy atom. The fourth-order valence-corrected chi connectivity index (χ4v) is 2.08. The van der Waals surface area contributed by atoms with Gasteiger partial charge in [-0.3, -0.25) is 0 Å². The van der Waals surface area contributed by atoms with Crippen LogP contribution in [0.25, 0.3) is 0 Å². The highest BCUT2D eigenvalue weighted by molar-refractivity contribution is 6.42. The average molecular weight is 333 g/mol. The quantitative estimate of drug-likeness (QED) is 0.798. The van der Waals surface area contributed by atoms with Crippen LogP contribution in [0.5, 0.6) is 11.5 Å². The lowest BCUT2D eigenvalue weighted by atomic mass is 10.2. The van der Waals surface area contributed by atoms with Crippen molar-refractivity contribution in [2.24, 2.45) is 0 Å². The van der Waals surface area contributed by atoms with Gasteiger partial charge in [-0.25, -0.2) is 4.79 Å². The minimum atomic E-state index is -1.15. The van der Waals surface area contributed by atoms with Gasteiger partial charge in [0, 0.05) is 6.07 Å². The van der Waals surface area contributed by atoms with E-state index < -0.39 is 5.97 Å². The molecule has 4 nitrogen and oxygen atoms in total. The molecule has 104 valence electrons. The summed E-state index contributed by atoms with van der Waals surface area (Å²) in [7, 11) is 0. The number of hydrogen-bond acceptors (Lipinski definition) is 3. The van der Waals surface area contributed by atoms with Gasteiger partial charge in [0.25, 0.3) is 0 Å². The maximum absolute atomic E-state index is 11.0. The summed E-state index contributed by atoms with van der Waals surface area (Å²) in [5.74, 6) is -0.747. The summed E-state index contributed by atoms with van der Waals surface area (Å²) >= 11 is 17.7. The first-order valence-corrected chi connectivity index (χ1v) is 6.47. The second-order valence-electron chi connectivity index (χ2n) is 3.83. The number of aromatic carboxylic acids is 1. The van der Waals surface area contributed by atoms with Crippen LogP contribution in [0.2, 0.25) is 15.1 Å². The molecule has 0 fully saturated rings. The Bertz CT molecular complexity index is 689. The third-order valence-corrected chi connectivity index (χ3v) is 3.58. The average Bonchev–Trinajstić information content (AvgIpc) is 2.37. The standard InChI is InChI=1S/C13H8Cl3NO3/c14-7-4-9(17)11(5-8(7)15)20-10-3-1-2-6(12(10)16)13(18)19/h1-5H,17H2,(H,18,19). The van der Waals surface area contributed by atoms with E-state index in [-0.39, 0.29) is 32.8 Å². The number of nitrogens with two attached hydrogens (primary N) is 1. The Morgan fingerprint density at radius 3 is 2.40 bits per heavy atom. The van der Waals surface area contributed by atoms with E-state index in [9.17, 15) is 4.79 Å². The molecule has 2 aromatic carbocycles. The van der Waals surface area contributed by atoms with Gasteiger partial charge in [-0.05, 0) is 18.2 Å². The number of halogens is 3. The van der Waals surface area contributed by atoms with E-state index in [1.165, 1.54) is 30.3 Å². The van der Waals surface area contributed by atoms with Gasteiger partial charge in [0.05, 0.1) is 26.3 Å². The van der Waals surface area contributed by atoms with E-state index in [1.807, 2.05) is 0 Å². The molecule has 0 saturated carbocycles. The number of carboxylic acids is 1. The predicted molar refractivity (Wildman–Crippen MR) is 79.4 cm³/mol. The zero-order valence-corrected chi connectivity index (χ0v) is 12.1. The van der Waals surface area contributed by atoms with Gasteiger partial charge < -0.3 is 15.6 Å². The fraction of sp³-hybridized carbons (Fsp3) is 0. The SMILES string of the molecule is Nc1cc(Cl)c(Cl)cc1Oc1cccc(C(=O)O)c1Cl. The molecule has 0 bridgehead atoms. The number of rotatable bonds is 3. The van der Waals surface area contributed by atoms with Crippen molar-refractivity contribution in [1.82, 2.24) is 0 Å². The third-order valence-electron chi connectivity index (χ3n) is 2.47. The Balaban J connectivity index is 2.43. The number of nitrogen functional groups attached to an aromatic ring is 1. The highest BCUT2D eigenvalue weighted by Gasteiger charge is 2.15. The highest BCUT2D eigenvalue weighted by Crippen LogP contribution is 2.38. The van der Waals surface area contributed by atoms with Crippen LogP contribution in [-0.2, 0) is 0 Å². The van der Waals surface area contributed by atoms with Crippen LogP contribution in [-0.4, -0.2) is 11.1 Å². The monoisotopic (exact) mass is 331 g/mol. The van der Waals surface area contributed by atoms with Crippen molar-refractivity contribution in [3.8, 4) is 11.5 Å². The summed E-state index contributed by atoms with van der Waals surface area (Å²) in [5.41, 5.74) is 5.95. The van der Waals surface area contributed by atoms with Gasteiger partial charge in [-0.15, -0.1) is 0 Å². The molecule has 2 rings (SSSR count). The van der Waals surface area contributed by atoms with E-state index in [1.54, 1.807) is 0 Å². The zero-order valence-electron chi connectivity index (χ0n) is 9.86. The number of carboxylic acid groups (broad SMARTS) is 1. The number of hydrogen-bond donors (Lipinski definition) is 2. The van der Waals surface area contributed by atoms with E-state index in [4.69, 9.17) is 50.4 Å². The lowest BCUT2D eigenvalue weighted by Crippen LogP contribution is -1.99. The highest BCUT2D eigenvalue weighted by atomic mass is 35.5. The largest absolute Gasteiger partial charge is 0.478 e. The molecule has 0 aliphatic heterocycles. The molecule has 0 aliphatic carbocycles. The molecule has 0 amide bonds. The molecule has 20 heavy (non-hydrogen) atoms. The van der Waals surface area contributed by atoms with Crippen LogP contribution in [0, 0.1) is 0 Å². The van der Waals surface area contributed by atoms with Crippen molar-refractivity contribution < 1.29 is 14.6 Å². The van der Waals surface area contributed by atoms with Crippen LogP contribution in [0.1, 0.15) is 10.4 Å². The first kappa shape index (κ1) is 14.8. The number of ether oxygens (including phenoxy) is 1. The van der Waals surface area contributed by atoms with Crippen LogP contribution in [0.4, 0.5) is 5.69 Å². The molecular formula is C13H8Cl3NO3. The van der Waals surface area contributed by atoms with Crippen LogP contribution < -0.4 is 10.5 Å². The summed E-state index contributed by atoms with van der Waals surface area (Å²) in [5, 5.41) is 9.52. The van der Waals surface area contributed by atoms with E-state index in [0.717, 1.165) is 0 Å². The smallest absolute Gasteiger partial charge is 0.337 e. The van der Waals surface area contributed by atoms with Crippen molar-refractivity contribution in [1.29, 1.82) is 0 Å². The van der Waals surface area contributed by atoms with E-state index in [2.05, 4.69) is 0 Å². The number of carbonyl (C=O) groups is 1. The molecule has 2 aromatic rings. The van der Waals surface area contributed by atoms with Gasteiger partial charge in [-0.2, -0.15) is 0 Å². The van der Waals surface area contributed by atoms with Crippen molar-refractivity contribution in [2.45, 2.75) is 0 Å². The molecule has 0 aliphatic rings. The van der Waals surface area contributed by atoms with E-state index in [0.29, 0.717) is 5.02 Å². The van der Waals surface area contributed by atoms with Crippen LogP contribution >= 0.6 is 34.8 Å². The van der Waals surface area contributed by atoms with Gasteiger partial charge in [0.15, 0.2) is 5.75 Å². The molecule has 0 aromatic heterocycles. The van der Waals surface area contributed by atoms with Crippen molar-refractivity contribution in [3.05, 3.63) is 51.0 Å². The molecule has 0 heterocycles. The maximum Gasteiger partial charge on any atom is 0.337 e. The summed E-state index contributed by atoms with van der Waals surface area (Å²) < 4.78 is 5.50. The number of benzene rings is 2. The summed E-state index contributed by atoms with van der Waals surface area (Å²) in [6.45, 7) is 0. The summed E-state index contributed by atoms with van der Waals surface area (Å²) in [4.78, 5) is 11.0. The zero-order chi connectivity index (χ0) is 14.9. The number of anilines is 1. The van der Waals surface area contributed by atoms with Gasteiger partial charge in [0.2, 0.25) is 0 Å². The molecule has 7 heteroatoms. The van der Waals surface area contributed by atoms with Crippen LogP contribution in [0.3, 0.4) is 0 Å². The van der Waals surface area contributed by atoms with E-state index >= 15 is 0 Å². The molecule has 0 atom stereocenters. The third kappa shape index (κ3) is 2.93. The maximum atomic E-state index is 11.0. The van der Waals surface area contributed by atoms with Gasteiger partial charge >= 0.3 is 5.97 Å². The first-order chi connectivity index (χ1) is 9.40. The van der Waals surface area contributed by atoms with Crippen LogP contribution in [0.15, 0.2) is 30.3 Å². The lowest BCUT2D eigenvalue weighted by Gasteiger charge is -2.12. The Morgan fingerprint density at radius 2 is 1.75 bits per heavy atom. The Kier molecular flexibility index (Phi) is 4.28. The molecule has 3 N–H and O–H groups in total. The Hall–Kier alpha value is -1.62. The lowest BCUT2D eigenvalue weighted by molar-refractivity contribution is 0.0696. The topological polar surface area (TPSA) is 72.5 Å². The fourth-order valence-electron chi connectivity index (χ4n) is 1.51. The normalized spacial score (nSPS) is 10.3. The second-order valence-corrected chi connectivity index (χ2v) is 5.02. The molecule has 0 saturated heterocycles.